The molecule has 3 N–H and O–H groups in total. The Bertz CT molecular complexity index is 420. The molecule has 1 amide bonds. The molecule has 5 heteroatoms. The van der Waals surface area contributed by atoms with Crippen molar-refractivity contribution in [2.24, 2.45) is 0 Å². The number of anilines is 2. The third-order valence-corrected chi connectivity index (χ3v) is 2.71. The average molecular weight is 222 g/mol. The monoisotopic (exact) mass is 222 g/mol. The number of methoxy groups -OCH3 is 1. The van der Waals surface area contributed by atoms with Gasteiger partial charge >= 0.3 is 0 Å². The summed E-state index contributed by atoms with van der Waals surface area (Å²) < 4.78 is 5.08. The Balaban J connectivity index is 2.31. The van der Waals surface area contributed by atoms with Gasteiger partial charge in [0.15, 0.2) is 0 Å². The lowest BCUT2D eigenvalue weighted by molar-refractivity contribution is -0.123. The van der Waals surface area contributed by atoms with E-state index in [2.05, 4.69) is 0 Å². The average Bonchev–Trinajstić information content (AvgIpc) is 2.61. The minimum Gasteiger partial charge on any atom is -0.495 e. The summed E-state index contributed by atoms with van der Waals surface area (Å²) in [5, 5.41) is 9.36. The summed E-state index contributed by atoms with van der Waals surface area (Å²) >= 11 is 0. The summed E-state index contributed by atoms with van der Waals surface area (Å²) in [5.74, 6) is 0.263. The summed E-state index contributed by atoms with van der Waals surface area (Å²) in [6.07, 6.45) is -0.422. The van der Waals surface area contributed by atoms with Gasteiger partial charge in [-0.15, -0.1) is 0 Å². The minimum atomic E-state index is -0.886. The van der Waals surface area contributed by atoms with Crippen LogP contribution in [0.2, 0.25) is 0 Å². The summed E-state index contributed by atoms with van der Waals surface area (Å²) in [5.41, 5.74) is 6.91. The van der Waals surface area contributed by atoms with E-state index in [0.29, 0.717) is 30.1 Å². The summed E-state index contributed by atoms with van der Waals surface area (Å²) in [6.45, 7) is 0.521. The summed E-state index contributed by atoms with van der Waals surface area (Å²) in [4.78, 5) is 13.1. The topological polar surface area (TPSA) is 75.8 Å². The SMILES string of the molecule is COc1cc(N2CCC(O)C2=O)ccc1N. The number of rotatable bonds is 2. The van der Waals surface area contributed by atoms with Crippen molar-refractivity contribution in [2.45, 2.75) is 12.5 Å². The molecule has 1 atom stereocenters. The van der Waals surface area contributed by atoms with Crippen molar-refractivity contribution in [3.8, 4) is 5.75 Å². The van der Waals surface area contributed by atoms with Crippen molar-refractivity contribution in [3.63, 3.8) is 0 Å². The molecule has 1 aromatic rings. The molecule has 1 saturated heterocycles. The molecule has 0 radical (unpaired) electrons. The number of hydrogen-bond donors (Lipinski definition) is 2. The number of nitrogens with zero attached hydrogens (tertiary/aromatic N) is 1. The lowest BCUT2D eigenvalue weighted by Crippen LogP contribution is -2.29. The van der Waals surface area contributed by atoms with E-state index in [1.165, 1.54) is 12.0 Å². The number of benzene rings is 1. The molecule has 1 unspecified atom stereocenters. The van der Waals surface area contributed by atoms with Gasteiger partial charge in [0, 0.05) is 24.7 Å². The standard InChI is InChI=1S/C11H14N2O3/c1-16-10-6-7(2-3-8(10)12)13-5-4-9(14)11(13)15/h2-3,6,9,14H,4-5,12H2,1H3. The van der Waals surface area contributed by atoms with E-state index in [0.717, 1.165) is 0 Å². The number of carbonyl (C=O) groups is 1. The molecule has 1 aliphatic heterocycles. The lowest BCUT2D eigenvalue weighted by atomic mass is 10.2. The van der Waals surface area contributed by atoms with Crippen LogP contribution >= 0.6 is 0 Å². The van der Waals surface area contributed by atoms with Gasteiger partial charge < -0.3 is 20.5 Å². The maximum atomic E-state index is 11.6. The number of aliphatic hydroxyl groups is 1. The molecule has 1 heterocycles. The van der Waals surface area contributed by atoms with E-state index >= 15 is 0 Å². The number of carbonyl (C=O) groups excluding carboxylic acids is 1. The fourth-order valence-corrected chi connectivity index (χ4v) is 1.79. The summed E-state index contributed by atoms with van der Waals surface area (Å²) in [6, 6.07) is 5.13. The molecule has 1 aromatic carbocycles. The first-order valence-corrected chi connectivity index (χ1v) is 5.06. The van der Waals surface area contributed by atoms with Crippen LogP contribution in [0.4, 0.5) is 11.4 Å². The van der Waals surface area contributed by atoms with Crippen molar-refractivity contribution in [1.82, 2.24) is 0 Å². The van der Waals surface area contributed by atoms with Crippen LogP contribution in [0.5, 0.6) is 5.75 Å². The van der Waals surface area contributed by atoms with Crippen LogP contribution in [-0.2, 0) is 4.79 Å². The molecule has 0 spiro atoms. The first-order valence-electron chi connectivity index (χ1n) is 5.06. The third kappa shape index (κ3) is 1.69. The van der Waals surface area contributed by atoms with Crippen LogP contribution in [0.1, 0.15) is 6.42 Å². The first kappa shape index (κ1) is 10.8. The van der Waals surface area contributed by atoms with Gasteiger partial charge in [0.1, 0.15) is 11.9 Å². The number of nitrogen functional groups attached to an aromatic ring is 1. The first-order chi connectivity index (χ1) is 7.63. The highest BCUT2D eigenvalue weighted by Gasteiger charge is 2.30. The van der Waals surface area contributed by atoms with E-state index in [-0.39, 0.29) is 5.91 Å². The highest BCUT2D eigenvalue weighted by atomic mass is 16.5. The van der Waals surface area contributed by atoms with Gasteiger partial charge in [0.25, 0.3) is 5.91 Å². The Morgan fingerprint density at radius 2 is 2.31 bits per heavy atom. The number of ether oxygens (including phenoxy) is 1. The van der Waals surface area contributed by atoms with Crippen molar-refractivity contribution in [3.05, 3.63) is 18.2 Å². The Morgan fingerprint density at radius 3 is 2.88 bits per heavy atom. The number of amides is 1. The van der Waals surface area contributed by atoms with Gasteiger partial charge in [-0.1, -0.05) is 0 Å². The van der Waals surface area contributed by atoms with Gasteiger partial charge in [-0.3, -0.25) is 4.79 Å². The quantitative estimate of drug-likeness (QED) is 0.709. The predicted molar refractivity (Wildman–Crippen MR) is 60.4 cm³/mol. The van der Waals surface area contributed by atoms with Crippen molar-refractivity contribution in [2.75, 3.05) is 24.3 Å². The van der Waals surface area contributed by atoms with Crippen molar-refractivity contribution >= 4 is 17.3 Å². The zero-order valence-electron chi connectivity index (χ0n) is 9.01. The van der Waals surface area contributed by atoms with Crippen molar-refractivity contribution in [1.29, 1.82) is 0 Å². The predicted octanol–water partition coefficient (Wildman–Crippen LogP) is 0.375. The molecule has 2 rings (SSSR count). The Hall–Kier alpha value is -1.75. The molecule has 0 saturated carbocycles. The van der Waals surface area contributed by atoms with Gasteiger partial charge in [0.05, 0.1) is 12.8 Å². The van der Waals surface area contributed by atoms with Crippen LogP contribution in [0, 0.1) is 0 Å². The van der Waals surface area contributed by atoms with Gasteiger partial charge in [-0.25, -0.2) is 0 Å². The molecule has 5 nitrogen and oxygen atoms in total. The smallest absolute Gasteiger partial charge is 0.255 e. The fraction of sp³-hybridized carbons (Fsp3) is 0.364. The van der Waals surface area contributed by atoms with Crippen molar-refractivity contribution < 1.29 is 14.6 Å². The van der Waals surface area contributed by atoms with E-state index in [4.69, 9.17) is 10.5 Å². The molecule has 1 fully saturated rings. The molecular weight excluding hydrogens is 208 g/mol. The van der Waals surface area contributed by atoms with Crippen LogP contribution in [0.25, 0.3) is 0 Å². The number of hydrogen-bond acceptors (Lipinski definition) is 4. The lowest BCUT2D eigenvalue weighted by Gasteiger charge is -2.17. The number of aliphatic hydroxyl groups excluding tert-OH is 1. The van der Waals surface area contributed by atoms with E-state index in [9.17, 15) is 9.90 Å². The van der Waals surface area contributed by atoms with Crippen LogP contribution in [0.3, 0.4) is 0 Å². The molecule has 0 bridgehead atoms. The van der Waals surface area contributed by atoms with E-state index < -0.39 is 6.10 Å². The largest absolute Gasteiger partial charge is 0.495 e. The molecule has 1 aliphatic rings. The van der Waals surface area contributed by atoms with Crippen LogP contribution in [0.15, 0.2) is 18.2 Å². The van der Waals surface area contributed by atoms with Gasteiger partial charge in [0.2, 0.25) is 0 Å². The maximum Gasteiger partial charge on any atom is 0.255 e. The Kier molecular flexibility index (Phi) is 2.70. The molecule has 0 aliphatic carbocycles. The van der Waals surface area contributed by atoms with Gasteiger partial charge in [-0.2, -0.15) is 0 Å². The van der Waals surface area contributed by atoms with E-state index in [1.54, 1.807) is 18.2 Å². The molecular formula is C11H14N2O3. The Labute approximate surface area is 93.4 Å². The fourth-order valence-electron chi connectivity index (χ4n) is 1.79. The van der Waals surface area contributed by atoms with Crippen LogP contribution < -0.4 is 15.4 Å². The minimum absolute atomic E-state index is 0.271. The zero-order chi connectivity index (χ0) is 11.7. The number of nitrogens with two attached hydrogens (primary N) is 1. The Morgan fingerprint density at radius 1 is 1.56 bits per heavy atom. The summed E-state index contributed by atoms with van der Waals surface area (Å²) in [7, 11) is 1.52. The third-order valence-electron chi connectivity index (χ3n) is 2.71. The molecule has 0 aromatic heterocycles. The molecule has 16 heavy (non-hydrogen) atoms. The normalized spacial score (nSPS) is 20.2. The van der Waals surface area contributed by atoms with Gasteiger partial charge in [-0.05, 0) is 12.1 Å². The molecule has 86 valence electrons. The highest BCUT2D eigenvalue weighted by Crippen LogP contribution is 2.29. The maximum absolute atomic E-state index is 11.6. The van der Waals surface area contributed by atoms with Crippen LogP contribution in [-0.4, -0.2) is 30.8 Å². The zero-order valence-corrected chi connectivity index (χ0v) is 9.01. The second kappa shape index (κ2) is 4.02. The van der Waals surface area contributed by atoms with E-state index in [1.807, 2.05) is 0 Å². The highest BCUT2D eigenvalue weighted by molar-refractivity contribution is 5.98. The second-order valence-electron chi connectivity index (χ2n) is 3.72. The second-order valence-corrected chi connectivity index (χ2v) is 3.72.